The summed E-state index contributed by atoms with van der Waals surface area (Å²) in [6, 6.07) is 21.0. The van der Waals surface area contributed by atoms with Crippen molar-refractivity contribution in [2.45, 2.75) is 52.4 Å². The number of carbonyl (C=O) groups is 2. The summed E-state index contributed by atoms with van der Waals surface area (Å²) in [6.07, 6.45) is 2.90. The molecule has 0 radical (unpaired) electrons. The Hall–Kier alpha value is -4.59. The lowest BCUT2D eigenvalue weighted by Crippen LogP contribution is -2.32. The first-order valence-electron chi connectivity index (χ1n) is 13.0. The molecule has 0 bridgehead atoms. The van der Waals surface area contributed by atoms with Crippen LogP contribution in [0.25, 0.3) is 11.3 Å². The van der Waals surface area contributed by atoms with Gasteiger partial charge >= 0.3 is 6.09 Å². The standard InChI is InChI=1S/C32H34N2O6/c1-32(2,3)40-31(36)34-18-25-12-24(15-27(16-25)38-20-22-8-6-5-7-9-22)14-26(35)13-23-10-11-28(29(17-23)37-4)30-19-33-21-39-30/h5-12,15-17,19,21H,13-14,18,20H2,1-4H3,(H,34,36). The van der Waals surface area contributed by atoms with Crippen molar-refractivity contribution in [2.24, 2.45) is 0 Å². The average Bonchev–Trinajstić information content (AvgIpc) is 3.45. The molecule has 1 aromatic heterocycles. The van der Waals surface area contributed by atoms with Crippen LogP contribution in [0.15, 0.2) is 83.7 Å². The molecule has 1 amide bonds. The minimum atomic E-state index is -0.599. The van der Waals surface area contributed by atoms with Crippen LogP contribution in [-0.2, 0) is 35.5 Å². The largest absolute Gasteiger partial charge is 0.496 e. The van der Waals surface area contributed by atoms with Gasteiger partial charge in [-0.25, -0.2) is 9.78 Å². The molecule has 0 saturated carbocycles. The number of Topliss-reactive ketones (excluding diaryl/α,β-unsaturated/α-hetero) is 1. The third-order valence-corrected chi connectivity index (χ3v) is 5.88. The normalized spacial score (nSPS) is 11.1. The van der Waals surface area contributed by atoms with Gasteiger partial charge in [0.05, 0.1) is 18.9 Å². The highest BCUT2D eigenvalue weighted by atomic mass is 16.6. The fraction of sp³-hybridized carbons (Fsp3) is 0.281. The zero-order chi connectivity index (χ0) is 28.5. The van der Waals surface area contributed by atoms with E-state index in [2.05, 4.69) is 10.3 Å². The van der Waals surface area contributed by atoms with Gasteiger partial charge in [-0.05, 0) is 67.3 Å². The molecule has 0 aliphatic heterocycles. The maximum Gasteiger partial charge on any atom is 0.407 e. The van der Waals surface area contributed by atoms with Crippen LogP contribution in [0.3, 0.4) is 0 Å². The number of nitrogens with one attached hydrogen (secondary N) is 1. The molecule has 8 nitrogen and oxygen atoms in total. The number of alkyl carbamates (subject to hydrolysis) is 1. The highest BCUT2D eigenvalue weighted by Gasteiger charge is 2.17. The maximum atomic E-state index is 13.1. The molecule has 0 saturated heterocycles. The molecule has 0 fully saturated rings. The van der Waals surface area contributed by atoms with Gasteiger partial charge in [-0.1, -0.05) is 42.5 Å². The number of hydrogen-bond acceptors (Lipinski definition) is 7. The van der Waals surface area contributed by atoms with E-state index < -0.39 is 11.7 Å². The first-order chi connectivity index (χ1) is 19.2. The van der Waals surface area contributed by atoms with Gasteiger partial charge in [0.25, 0.3) is 0 Å². The Bertz CT molecular complexity index is 1430. The molecule has 4 aromatic rings. The van der Waals surface area contributed by atoms with E-state index >= 15 is 0 Å². The molecule has 0 aliphatic rings. The van der Waals surface area contributed by atoms with Crippen molar-refractivity contribution in [3.8, 4) is 22.8 Å². The quantitative estimate of drug-likeness (QED) is 0.237. The predicted octanol–water partition coefficient (Wildman–Crippen LogP) is 6.31. The van der Waals surface area contributed by atoms with Gasteiger partial charge in [0, 0.05) is 19.4 Å². The van der Waals surface area contributed by atoms with E-state index in [4.69, 9.17) is 18.6 Å². The van der Waals surface area contributed by atoms with Gasteiger partial charge in [0.15, 0.2) is 12.2 Å². The van der Waals surface area contributed by atoms with Crippen molar-refractivity contribution < 1.29 is 28.2 Å². The highest BCUT2D eigenvalue weighted by Crippen LogP contribution is 2.31. The highest BCUT2D eigenvalue weighted by molar-refractivity contribution is 5.83. The third-order valence-electron chi connectivity index (χ3n) is 5.88. The molecule has 0 atom stereocenters. The van der Waals surface area contributed by atoms with Gasteiger partial charge < -0.3 is 23.9 Å². The second kappa shape index (κ2) is 13.0. The van der Waals surface area contributed by atoms with E-state index in [9.17, 15) is 9.59 Å². The third kappa shape index (κ3) is 8.46. The number of aromatic nitrogens is 1. The summed E-state index contributed by atoms with van der Waals surface area (Å²) in [5.41, 5.74) is 3.62. The molecule has 0 spiro atoms. The Morgan fingerprint density at radius 1 is 0.900 bits per heavy atom. The molecule has 3 aromatic carbocycles. The van der Waals surface area contributed by atoms with Crippen LogP contribution in [-0.4, -0.2) is 29.6 Å². The fourth-order valence-corrected chi connectivity index (χ4v) is 4.16. The van der Waals surface area contributed by atoms with Crippen molar-refractivity contribution in [2.75, 3.05) is 7.11 Å². The SMILES string of the molecule is COc1cc(CC(=O)Cc2cc(CNC(=O)OC(C)(C)C)cc(OCc3ccccc3)c2)ccc1-c1cnco1. The molecule has 0 aliphatic carbocycles. The van der Waals surface area contributed by atoms with Crippen LogP contribution in [0.4, 0.5) is 4.79 Å². The van der Waals surface area contributed by atoms with Gasteiger partial charge in [-0.3, -0.25) is 4.79 Å². The van der Waals surface area contributed by atoms with E-state index in [1.807, 2.05) is 87.5 Å². The van der Waals surface area contributed by atoms with E-state index in [1.165, 1.54) is 6.39 Å². The Kier molecular flexibility index (Phi) is 9.22. The molecule has 1 heterocycles. The lowest BCUT2D eigenvalue weighted by Gasteiger charge is -2.20. The van der Waals surface area contributed by atoms with E-state index in [0.717, 1.165) is 27.8 Å². The number of benzene rings is 3. The second-order valence-corrected chi connectivity index (χ2v) is 10.4. The molecule has 0 unspecified atom stereocenters. The number of ether oxygens (including phenoxy) is 3. The van der Waals surface area contributed by atoms with Crippen LogP contribution in [0.2, 0.25) is 0 Å². The van der Waals surface area contributed by atoms with Crippen molar-refractivity contribution >= 4 is 11.9 Å². The minimum absolute atomic E-state index is 0.0285. The van der Waals surface area contributed by atoms with Crippen molar-refractivity contribution in [3.63, 3.8) is 0 Å². The summed E-state index contributed by atoms with van der Waals surface area (Å²) < 4.78 is 22.3. The Labute approximate surface area is 234 Å². The topological polar surface area (TPSA) is 99.9 Å². The number of carbonyl (C=O) groups excluding carboxylic acids is 2. The molecule has 1 N–H and O–H groups in total. The summed E-state index contributed by atoms with van der Waals surface area (Å²) in [5, 5.41) is 2.78. The maximum absolute atomic E-state index is 13.1. The van der Waals surface area contributed by atoms with Crippen LogP contribution in [0, 0.1) is 0 Å². The zero-order valence-electron chi connectivity index (χ0n) is 23.2. The summed E-state index contributed by atoms with van der Waals surface area (Å²) in [6.45, 7) is 6.05. The Balaban J connectivity index is 1.47. The van der Waals surface area contributed by atoms with E-state index in [-0.39, 0.29) is 25.2 Å². The molecular formula is C32H34N2O6. The van der Waals surface area contributed by atoms with Crippen LogP contribution in [0.5, 0.6) is 11.5 Å². The van der Waals surface area contributed by atoms with Gasteiger partial charge in [0.2, 0.25) is 0 Å². The summed E-state index contributed by atoms with van der Waals surface area (Å²) in [7, 11) is 1.58. The minimum Gasteiger partial charge on any atom is -0.496 e. The van der Waals surface area contributed by atoms with Gasteiger partial charge in [0.1, 0.15) is 29.5 Å². The van der Waals surface area contributed by atoms with Crippen molar-refractivity contribution in [1.29, 1.82) is 0 Å². The number of methoxy groups -OCH3 is 1. The number of amides is 1. The van der Waals surface area contributed by atoms with Crippen LogP contribution in [0.1, 0.15) is 43.0 Å². The lowest BCUT2D eigenvalue weighted by atomic mass is 9.99. The molecular weight excluding hydrogens is 508 g/mol. The number of ketones is 1. The van der Waals surface area contributed by atoms with Gasteiger partial charge in [-0.15, -0.1) is 0 Å². The summed E-state index contributed by atoms with van der Waals surface area (Å²) in [5.74, 6) is 1.84. The number of oxazole rings is 1. The van der Waals surface area contributed by atoms with Gasteiger partial charge in [-0.2, -0.15) is 0 Å². The first-order valence-corrected chi connectivity index (χ1v) is 13.0. The number of nitrogens with zero attached hydrogens (tertiary/aromatic N) is 1. The van der Waals surface area contributed by atoms with Crippen molar-refractivity contribution in [1.82, 2.24) is 10.3 Å². The molecule has 4 rings (SSSR count). The van der Waals surface area contributed by atoms with Crippen molar-refractivity contribution in [3.05, 3.63) is 102 Å². The monoisotopic (exact) mass is 542 g/mol. The second-order valence-electron chi connectivity index (χ2n) is 10.4. The summed E-state index contributed by atoms with van der Waals surface area (Å²) in [4.78, 5) is 29.3. The summed E-state index contributed by atoms with van der Waals surface area (Å²) >= 11 is 0. The Morgan fingerprint density at radius 3 is 2.35 bits per heavy atom. The number of rotatable bonds is 11. The molecule has 8 heteroatoms. The zero-order valence-corrected chi connectivity index (χ0v) is 23.2. The smallest absolute Gasteiger partial charge is 0.407 e. The fourth-order valence-electron chi connectivity index (χ4n) is 4.16. The molecule has 40 heavy (non-hydrogen) atoms. The lowest BCUT2D eigenvalue weighted by molar-refractivity contribution is -0.117. The van der Waals surface area contributed by atoms with Crippen LogP contribution < -0.4 is 14.8 Å². The van der Waals surface area contributed by atoms with E-state index in [1.54, 1.807) is 13.3 Å². The Morgan fingerprint density at radius 2 is 1.65 bits per heavy atom. The average molecular weight is 543 g/mol. The number of hydrogen-bond donors (Lipinski definition) is 1. The van der Waals surface area contributed by atoms with Crippen LogP contribution >= 0.6 is 0 Å². The molecule has 208 valence electrons. The van der Waals surface area contributed by atoms with E-state index in [0.29, 0.717) is 23.9 Å². The predicted molar refractivity (Wildman–Crippen MR) is 151 cm³/mol. The first kappa shape index (κ1) is 28.4.